The van der Waals surface area contributed by atoms with Crippen LogP contribution in [0.3, 0.4) is 0 Å². The second kappa shape index (κ2) is 8.03. The zero-order valence-corrected chi connectivity index (χ0v) is 12.8. The Kier molecular flexibility index (Phi) is 6.05. The highest BCUT2D eigenvalue weighted by Gasteiger charge is 2.23. The molecule has 0 aromatic heterocycles. The van der Waals surface area contributed by atoms with E-state index in [1.54, 1.807) is 4.90 Å². The lowest BCUT2D eigenvalue weighted by Crippen LogP contribution is -2.42. The van der Waals surface area contributed by atoms with Crippen LogP contribution in [-0.4, -0.2) is 36.2 Å². The van der Waals surface area contributed by atoms with Crippen molar-refractivity contribution in [2.24, 2.45) is 5.92 Å². The number of carbonyl (C=O) groups excluding carboxylic acids is 1. The molecular weight excluding hydrogens is 264 g/mol. The fraction of sp³-hybridized carbons (Fsp3) is 0.588. The number of hydrogen-bond acceptors (Lipinski definition) is 2. The third-order valence-corrected chi connectivity index (χ3v) is 4.25. The third-order valence-electron chi connectivity index (χ3n) is 4.25. The van der Waals surface area contributed by atoms with Crippen molar-refractivity contribution in [1.29, 1.82) is 0 Å². The standard InChI is InChI=1S/C17H26N2O2/c1-19(13-14-7-5-8-14)17(21)18-16(11-6-12-20)15-9-3-2-4-10-15/h2-4,9-10,14,16,20H,5-8,11-13H2,1H3,(H,18,21). The normalized spacial score (nSPS) is 16.1. The Morgan fingerprint density at radius 2 is 2.10 bits per heavy atom. The number of aliphatic hydroxyl groups excluding tert-OH is 1. The van der Waals surface area contributed by atoms with Gasteiger partial charge in [-0.25, -0.2) is 4.79 Å². The molecule has 1 atom stereocenters. The van der Waals surface area contributed by atoms with Crippen molar-refractivity contribution in [3.8, 4) is 0 Å². The minimum Gasteiger partial charge on any atom is -0.396 e. The second-order valence-electron chi connectivity index (χ2n) is 5.96. The van der Waals surface area contributed by atoms with Crippen LogP contribution in [0.2, 0.25) is 0 Å². The molecule has 0 radical (unpaired) electrons. The molecule has 2 amide bonds. The second-order valence-corrected chi connectivity index (χ2v) is 5.96. The first-order chi connectivity index (χ1) is 10.2. The average molecular weight is 290 g/mol. The van der Waals surface area contributed by atoms with Crippen LogP contribution in [0, 0.1) is 5.92 Å². The largest absolute Gasteiger partial charge is 0.396 e. The van der Waals surface area contributed by atoms with Gasteiger partial charge in [0, 0.05) is 20.2 Å². The van der Waals surface area contributed by atoms with Gasteiger partial charge in [0.15, 0.2) is 0 Å². The molecule has 1 unspecified atom stereocenters. The van der Waals surface area contributed by atoms with Crippen LogP contribution in [0.15, 0.2) is 30.3 Å². The number of nitrogens with zero attached hydrogens (tertiary/aromatic N) is 1. The van der Waals surface area contributed by atoms with Crippen molar-refractivity contribution < 1.29 is 9.90 Å². The maximum absolute atomic E-state index is 12.3. The van der Waals surface area contributed by atoms with Gasteiger partial charge in [0.2, 0.25) is 0 Å². The summed E-state index contributed by atoms with van der Waals surface area (Å²) >= 11 is 0. The molecule has 4 heteroatoms. The SMILES string of the molecule is CN(CC1CCC1)C(=O)NC(CCCO)c1ccccc1. The molecule has 21 heavy (non-hydrogen) atoms. The van der Waals surface area contributed by atoms with Gasteiger partial charge in [-0.1, -0.05) is 36.8 Å². The predicted molar refractivity (Wildman–Crippen MR) is 84.0 cm³/mol. The van der Waals surface area contributed by atoms with E-state index >= 15 is 0 Å². The molecule has 2 N–H and O–H groups in total. The number of benzene rings is 1. The maximum Gasteiger partial charge on any atom is 0.317 e. The Bertz CT molecular complexity index is 432. The van der Waals surface area contributed by atoms with Gasteiger partial charge in [-0.3, -0.25) is 0 Å². The molecule has 1 aliphatic rings. The summed E-state index contributed by atoms with van der Waals surface area (Å²) in [4.78, 5) is 14.1. The molecule has 0 spiro atoms. The van der Waals surface area contributed by atoms with Crippen molar-refractivity contribution in [3.63, 3.8) is 0 Å². The first-order valence-corrected chi connectivity index (χ1v) is 7.88. The highest BCUT2D eigenvalue weighted by Crippen LogP contribution is 2.27. The highest BCUT2D eigenvalue weighted by molar-refractivity contribution is 5.74. The summed E-state index contributed by atoms with van der Waals surface area (Å²) in [6, 6.07) is 9.92. The van der Waals surface area contributed by atoms with Crippen molar-refractivity contribution in [1.82, 2.24) is 10.2 Å². The number of carbonyl (C=O) groups is 1. The summed E-state index contributed by atoms with van der Waals surface area (Å²) in [5, 5.41) is 12.1. The van der Waals surface area contributed by atoms with Gasteiger partial charge >= 0.3 is 6.03 Å². The summed E-state index contributed by atoms with van der Waals surface area (Å²) < 4.78 is 0. The van der Waals surface area contributed by atoms with Crippen LogP contribution in [-0.2, 0) is 0 Å². The molecule has 0 aliphatic heterocycles. The summed E-state index contributed by atoms with van der Waals surface area (Å²) in [7, 11) is 1.86. The van der Waals surface area contributed by atoms with E-state index in [0.29, 0.717) is 12.3 Å². The van der Waals surface area contributed by atoms with Crippen LogP contribution in [0.5, 0.6) is 0 Å². The van der Waals surface area contributed by atoms with Crippen molar-refractivity contribution in [2.75, 3.05) is 20.2 Å². The molecule has 1 aromatic carbocycles. The summed E-state index contributed by atoms with van der Waals surface area (Å²) in [5.41, 5.74) is 1.09. The Morgan fingerprint density at radius 3 is 2.67 bits per heavy atom. The van der Waals surface area contributed by atoms with E-state index in [0.717, 1.165) is 18.5 Å². The lowest BCUT2D eigenvalue weighted by atomic mass is 9.85. The molecule has 1 aliphatic carbocycles. The molecule has 116 valence electrons. The fourth-order valence-electron chi connectivity index (χ4n) is 2.71. The monoisotopic (exact) mass is 290 g/mol. The van der Waals surface area contributed by atoms with E-state index in [9.17, 15) is 4.79 Å². The molecule has 4 nitrogen and oxygen atoms in total. The number of rotatable bonds is 7. The molecule has 1 aromatic rings. The fourth-order valence-corrected chi connectivity index (χ4v) is 2.71. The topological polar surface area (TPSA) is 52.6 Å². The zero-order valence-electron chi connectivity index (χ0n) is 12.8. The Morgan fingerprint density at radius 1 is 1.38 bits per heavy atom. The van der Waals surface area contributed by atoms with E-state index in [2.05, 4.69) is 5.32 Å². The first-order valence-electron chi connectivity index (χ1n) is 7.88. The molecule has 1 saturated carbocycles. The Hall–Kier alpha value is -1.55. The number of amides is 2. The van der Waals surface area contributed by atoms with Gasteiger partial charge in [0.25, 0.3) is 0 Å². The van der Waals surface area contributed by atoms with E-state index in [1.807, 2.05) is 37.4 Å². The van der Waals surface area contributed by atoms with Crippen LogP contribution in [0.4, 0.5) is 4.79 Å². The molecule has 0 heterocycles. The van der Waals surface area contributed by atoms with Crippen LogP contribution >= 0.6 is 0 Å². The molecule has 2 rings (SSSR count). The van der Waals surface area contributed by atoms with E-state index in [4.69, 9.17) is 5.11 Å². The lowest BCUT2D eigenvalue weighted by Gasteiger charge is -2.31. The predicted octanol–water partition coefficient (Wildman–Crippen LogP) is 2.94. The van der Waals surface area contributed by atoms with E-state index in [1.165, 1.54) is 19.3 Å². The van der Waals surface area contributed by atoms with Crippen LogP contribution < -0.4 is 5.32 Å². The van der Waals surface area contributed by atoms with Gasteiger partial charge in [-0.2, -0.15) is 0 Å². The number of hydrogen-bond donors (Lipinski definition) is 2. The summed E-state index contributed by atoms with van der Waals surface area (Å²) in [5.74, 6) is 0.674. The van der Waals surface area contributed by atoms with E-state index in [-0.39, 0.29) is 18.7 Å². The number of urea groups is 1. The van der Waals surface area contributed by atoms with Crippen molar-refractivity contribution in [3.05, 3.63) is 35.9 Å². The maximum atomic E-state index is 12.3. The van der Waals surface area contributed by atoms with Gasteiger partial charge in [-0.05, 0) is 37.2 Å². The van der Waals surface area contributed by atoms with E-state index < -0.39 is 0 Å². The number of aliphatic hydroxyl groups is 1. The quantitative estimate of drug-likeness (QED) is 0.811. The summed E-state index contributed by atoms with van der Waals surface area (Å²) in [6.07, 6.45) is 5.22. The first kappa shape index (κ1) is 15.8. The van der Waals surface area contributed by atoms with Gasteiger partial charge in [0.1, 0.15) is 0 Å². The minimum atomic E-state index is -0.0327. The Labute approximate surface area is 127 Å². The van der Waals surface area contributed by atoms with Crippen LogP contribution in [0.1, 0.15) is 43.7 Å². The third kappa shape index (κ3) is 4.74. The average Bonchev–Trinajstić information content (AvgIpc) is 2.47. The molecule has 0 bridgehead atoms. The number of nitrogens with one attached hydrogen (secondary N) is 1. The summed E-state index contributed by atoms with van der Waals surface area (Å²) in [6.45, 7) is 0.991. The van der Waals surface area contributed by atoms with Crippen LogP contribution in [0.25, 0.3) is 0 Å². The smallest absolute Gasteiger partial charge is 0.317 e. The highest BCUT2D eigenvalue weighted by atomic mass is 16.3. The zero-order chi connectivity index (χ0) is 15.1. The minimum absolute atomic E-state index is 0.0197. The Balaban J connectivity index is 1.91. The van der Waals surface area contributed by atoms with Gasteiger partial charge in [-0.15, -0.1) is 0 Å². The molecular formula is C17H26N2O2. The molecule has 1 fully saturated rings. The van der Waals surface area contributed by atoms with Crippen molar-refractivity contribution >= 4 is 6.03 Å². The van der Waals surface area contributed by atoms with Gasteiger partial charge in [0.05, 0.1) is 6.04 Å². The lowest BCUT2D eigenvalue weighted by molar-refractivity contribution is 0.177. The van der Waals surface area contributed by atoms with Gasteiger partial charge < -0.3 is 15.3 Å². The molecule has 0 saturated heterocycles. The van der Waals surface area contributed by atoms with Crippen molar-refractivity contribution in [2.45, 2.75) is 38.1 Å².